The van der Waals surface area contributed by atoms with Gasteiger partial charge in [0.25, 0.3) is 0 Å². The van der Waals surface area contributed by atoms with Gasteiger partial charge in [-0.1, -0.05) is 44.2 Å². The van der Waals surface area contributed by atoms with Gasteiger partial charge in [0.2, 0.25) is 5.91 Å². The fraction of sp³-hybridized carbons (Fsp3) is 0.562. The van der Waals surface area contributed by atoms with Crippen LogP contribution in [0.5, 0.6) is 0 Å². The SMILES string of the molecule is CC(C)[C@H]1C(=O)N(Cc2ccccc2)CC[C@@]1(C)O. The molecule has 1 fully saturated rings. The summed E-state index contributed by atoms with van der Waals surface area (Å²) in [7, 11) is 0. The number of piperidine rings is 1. The molecule has 0 unspecified atom stereocenters. The van der Waals surface area contributed by atoms with E-state index in [4.69, 9.17) is 0 Å². The van der Waals surface area contributed by atoms with Gasteiger partial charge in [-0.3, -0.25) is 4.79 Å². The van der Waals surface area contributed by atoms with E-state index in [1.807, 2.05) is 49.1 Å². The minimum atomic E-state index is -0.877. The first-order valence-corrected chi connectivity index (χ1v) is 6.97. The van der Waals surface area contributed by atoms with Crippen LogP contribution in [0.1, 0.15) is 32.8 Å². The molecule has 2 atom stereocenters. The van der Waals surface area contributed by atoms with E-state index in [1.165, 1.54) is 0 Å². The second-order valence-corrected chi connectivity index (χ2v) is 6.07. The molecule has 0 spiro atoms. The number of amides is 1. The van der Waals surface area contributed by atoms with Gasteiger partial charge in [-0.2, -0.15) is 0 Å². The number of carbonyl (C=O) groups is 1. The molecule has 3 nitrogen and oxygen atoms in total. The smallest absolute Gasteiger partial charge is 0.229 e. The van der Waals surface area contributed by atoms with Gasteiger partial charge in [0.15, 0.2) is 0 Å². The lowest BCUT2D eigenvalue weighted by atomic mass is 9.75. The molecule has 1 saturated heterocycles. The average Bonchev–Trinajstić information content (AvgIpc) is 2.33. The van der Waals surface area contributed by atoms with Crippen LogP contribution in [-0.2, 0) is 11.3 Å². The molecule has 1 amide bonds. The summed E-state index contributed by atoms with van der Waals surface area (Å²) in [6, 6.07) is 10.0. The maximum atomic E-state index is 12.6. The van der Waals surface area contributed by atoms with Crippen LogP contribution in [0, 0.1) is 11.8 Å². The van der Waals surface area contributed by atoms with Gasteiger partial charge in [-0.25, -0.2) is 0 Å². The zero-order chi connectivity index (χ0) is 14.0. The van der Waals surface area contributed by atoms with Gasteiger partial charge in [0.05, 0.1) is 11.5 Å². The molecule has 1 N–H and O–H groups in total. The van der Waals surface area contributed by atoms with Crippen molar-refractivity contribution in [2.45, 2.75) is 39.3 Å². The van der Waals surface area contributed by atoms with Gasteiger partial charge < -0.3 is 10.0 Å². The zero-order valence-electron chi connectivity index (χ0n) is 12.0. The van der Waals surface area contributed by atoms with E-state index < -0.39 is 5.60 Å². The Morgan fingerprint density at radius 2 is 2.00 bits per heavy atom. The summed E-state index contributed by atoms with van der Waals surface area (Å²) in [5.74, 6) is -0.0684. The fourth-order valence-corrected chi connectivity index (χ4v) is 3.05. The van der Waals surface area contributed by atoms with Gasteiger partial charge >= 0.3 is 0 Å². The molecule has 0 aromatic heterocycles. The van der Waals surface area contributed by atoms with Crippen molar-refractivity contribution in [3.05, 3.63) is 35.9 Å². The number of hydrogen-bond donors (Lipinski definition) is 1. The van der Waals surface area contributed by atoms with Crippen molar-refractivity contribution in [3.8, 4) is 0 Å². The Morgan fingerprint density at radius 3 is 2.58 bits per heavy atom. The third-order valence-electron chi connectivity index (χ3n) is 4.02. The van der Waals surface area contributed by atoms with Crippen LogP contribution < -0.4 is 0 Å². The number of likely N-dealkylation sites (tertiary alicyclic amines) is 1. The molecule has 0 bridgehead atoms. The summed E-state index contributed by atoms with van der Waals surface area (Å²) in [5.41, 5.74) is 0.262. The van der Waals surface area contributed by atoms with E-state index in [0.29, 0.717) is 19.5 Å². The van der Waals surface area contributed by atoms with Crippen molar-refractivity contribution in [2.75, 3.05) is 6.54 Å². The summed E-state index contributed by atoms with van der Waals surface area (Å²) in [6.45, 7) is 7.06. The molecular formula is C16H23NO2. The Bertz CT molecular complexity index is 439. The Morgan fingerprint density at radius 1 is 1.37 bits per heavy atom. The number of carbonyl (C=O) groups excluding carboxylic acids is 1. The standard InChI is InChI=1S/C16H23NO2/c1-12(2)14-15(18)17(10-9-16(14,3)19)11-13-7-5-4-6-8-13/h4-8,12,14,19H,9-11H2,1-3H3/t14-,16+/m0/s1. The fourth-order valence-electron chi connectivity index (χ4n) is 3.05. The number of rotatable bonds is 3. The van der Waals surface area contributed by atoms with Crippen molar-refractivity contribution in [3.63, 3.8) is 0 Å². The van der Waals surface area contributed by atoms with E-state index in [-0.39, 0.29) is 17.7 Å². The van der Waals surface area contributed by atoms with Crippen molar-refractivity contribution in [2.24, 2.45) is 11.8 Å². The lowest BCUT2D eigenvalue weighted by molar-refractivity contribution is -0.158. The average molecular weight is 261 g/mol. The van der Waals surface area contributed by atoms with E-state index in [1.54, 1.807) is 6.92 Å². The lowest BCUT2D eigenvalue weighted by Crippen LogP contribution is -2.55. The first-order valence-electron chi connectivity index (χ1n) is 6.97. The van der Waals surface area contributed by atoms with Crippen LogP contribution in [0.3, 0.4) is 0 Å². The van der Waals surface area contributed by atoms with Gasteiger partial charge in [-0.05, 0) is 24.8 Å². The lowest BCUT2D eigenvalue weighted by Gasteiger charge is -2.43. The predicted octanol–water partition coefficient (Wildman–Crippen LogP) is 2.44. The molecule has 1 aliphatic heterocycles. The minimum Gasteiger partial charge on any atom is -0.389 e. The molecule has 1 aromatic rings. The van der Waals surface area contributed by atoms with Gasteiger partial charge in [0, 0.05) is 13.1 Å². The van der Waals surface area contributed by atoms with Crippen LogP contribution in [0.4, 0.5) is 0 Å². The largest absolute Gasteiger partial charge is 0.389 e. The zero-order valence-corrected chi connectivity index (χ0v) is 12.0. The Hall–Kier alpha value is -1.35. The number of benzene rings is 1. The van der Waals surface area contributed by atoms with Crippen LogP contribution >= 0.6 is 0 Å². The molecule has 1 aliphatic rings. The highest BCUT2D eigenvalue weighted by Crippen LogP contribution is 2.34. The summed E-state index contributed by atoms with van der Waals surface area (Å²) in [6.07, 6.45) is 0.647. The van der Waals surface area contributed by atoms with Gasteiger partial charge in [-0.15, -0.1) is 0 Å². The van der Waals surface area contributed by atoms with Crippen molar-refractivity contribution >= 4 is 5.91 Å². The molecule has 0 saturated carbocycles. The highest BCUT2D eigenvalue weighted by atomic mass is 16.3. The van der Waals surface area contributed by atoms with Crippen LogP contribution in [0.25, 0.3) is 0 Å². The quantitative estimate of drug-likeness (QED) is 0.908. The van der Waals surface area contributed by atoms with E-state index in [0.717, 1.165) is 5.56 Å². The molecule has 1 aromatic carbocycles. The van der Waals surface area contributed by atoms with Crippen LogP contribution in [-0.4, -0.2) is 28.1 Å². The first kappa shape index (κ1) is 14.1. The summed E-state index contributed by atoms with van der Waals surface area (Å²) < 4.78 is 0. The predicted molar refractivity (Wildman–Crippen MR) is 75.4 cm³/mol. The third-order valence-corrected chi connectivity index (χ3v) is 4.02. The Kier molecular flexibility index (Phi) is 3.95. The van der Waals surface area contributed by atoms with Crippen molar-refractivity contribution in [1.82, 2.24) is 4.90 Å². The second-order valence-electron chi connectivity index (χ2n) is 6.07. The topological polar surface area (TPSA) is 40.5 Å². The number of hydrogen-bond acceptors (Lipinski definition) is 2. The number of nitrogens with zero attached hydrogens (tertiary/aromatic N) is 1. The second kappa shape index (κ2) is 5.33. The highest BCUT2D eigenvalue weighted by Gasteiger charge is 2.45. The monoisotopic (exact) mass is 261 g/mol. The van der Waals surface area contributed by atoms with Crippen molar-refractivity contribution < 1.29 is 9.90 Å². The summed E-state index contributed by atoms with van der Waals surface area (Å²) in [5, 5.41) is 10.4. The maximum absolute atomic E-state index is 12.6. The van der Waals surface area contributed by atoms with Crippen LogP contribution in [0.2, 0.25) is 0 Å². The molecule has 0 aliphatic carbocycles. The first-order chi connectivity index (χ1) is 8.92. The number of aliphatic hydroxyl groups is 1. The van der Waals surface area contributed by atoms with E-state index >= 15 is 0 Å². The molecule has 1 heterocycles. The molecule has 0 radical (unpaired) electrons. The highest BCUT2D eigenvalue weighted by molar-refractivity contribution is 5.81. The van der Waals surface area contributed by atoms with Crippen molar-refractivity contribution in [1.29, 1.82) is 0 Å². The normalized spacial score (nSPS) is 27.9. The Labute approximate surface area is 115 Å². The molecular weight excluding hydrogens is 238 g/mol. The Balaban J connectivity index is 2.14. The third kappa shape index (κ3) is 2.98. The minimum absolute atomic E-state index is 0.0788. The summed E-state index contributed by atoms with van der Waals surface area (Å²) >= 11 is 0. The molecule has 2 rings (SSSR count). The van der Waals surface area contributed by atoms with E-state index in [2.05, 4.69) is 0 Å². The van der Waals surface area contributed by atoms with Crippen LogP contribution in [0.15, 0.2) is 30.3 Å². The summed E-state index contributed by atoms with van der Waals surface area (Å²) in [4.78, 5) is 14.4. The molecule has 3 heteroatoms. The van der Waals surface area contributed by atoms with Gasteiger partial charge in [0.1, 0.15) is 0 Å². The van der Waals surface area contributed by atoms with E-state index in [9.17, 15) is 9.90 Å². The maximum Gasteiger partial charge on any atom is 0.229 e. The molecule has 19 heavy (non-hydrogen) atoms. The molecule has 104 valence electrons.